The van der Waals surface area contributed by atoms with Gasteiger partial charge in [-0.2, -0.15) is 0 Å². The second kappa shape index (κ2) is 15.4. The minimum absolute atomic E-state index is 0.741. The molecule has 0 amide bonds. The van der Waals surface area contributed by atoms with Gasteiger partial charge in [0, 0.05) is 48.8 Å². The quantitative estimate of drug-likeness (QED) is 0.118. The molecule has 5 aromatic heterocycles. The van der Waals surface area contributed by atoms with Gasteiger partial charge in [-0.05, 0) is 81.4 Å². The third-order valence-corrected chi connectivity index (χ3v) is 19.8. The SMILES string of the molecule is c1ccc([Si](c2ccccc2)(c2ccccc2)c2ccc3c(c2)c2cc(-n4c5ccccc5c5ccccc54)ccc2n3-c2nc(-n3c4ccccc4c4ccccc43)cc3c2oc2ccccc23)cc1. The molecule has 0 saturated carbocycles. The van der Waals surface area contributed by atoms with Gasteiger partial charge in [-0.3, -0.25) is 9.13 Å². The van der Waals surface area contributed by atoms with Crippen LogP contribution in [0.25, 0.3) is 105 Å². The molecule has 71 heavy (non-hydrogen) atoms. The third-order valence-electron chi connectivity index (χ3n) is 15.0. The van der Waals surface area contributed by atoms with E-state index in [1.165, 1.54) is 53.3 Å². The molecule has 0 aliphatic heterocycles. The summed E-state index contributed by atoms with van der Waals surface area (Å²) < 4.78 is 14.1. The minimum Gasteiger partial charge on any atom is -0.452 e. The predicted octanol–water partition coefficient (Wildman–Crippen LogP) is 13.6. The van der Waals surface area contributed by atoms with Crippen molar-refractivity contribution in [1.82, 2.24) is 18.7 Å². The van der Waals surface area contributed by atoms with E-state index in [-0.39, 0.29) is 0 Å². The van der Waals surface area contributed by atoms with Gasteiger partial charge in [0.15, 0.2) is 19.5 Å². The van der Waals surface area contributed by atoms with Crippen LogP contribution in [0.4, 0.5) is 0 Å². The van der Waals surface area contributed by atoms with E-state index in [1.807, 2.05) is 6.07 Å². The Balaban J connectivity index is 1.09. The number of benzene rings is 10. The summed E-state index contributed by atoms with van der Waals surface area (Å²) in [5.74, 6) is 1.57. The molecule has 10 aromatic carbocycles. The summed E-state index contributed by atoms with van der Waals surface area (Å²) in [6.07, 6.45) is 0. The van der Waals surface area contributed by atoms with Gasteiger partial charge in [0.25, 0.3) is 0 Å². The van der Waals surface area contributed by atoms with Gasteiger partial charge >= 0.3 is 0 Å². The summed E-state index contributed by atoms with van der Waals surface area (Å²) in [6, 6.07) is 93.2. The summed E-state index contributed by atoms with van der Waals surface area (Å²) in [5, 5.41) is 14.5. The Labute approximate surface area is 409 Å². The normalized spacial score (nSPS) is 12.2. The highest BCUT2D eigenvalue weighted by atomic mass is 28.3. The fourth-order valence-corrected chi connectivity index (χ4v) is 16.8. The van der Waals surface area contributed by atoms with Gasteiger partial charge in [-0.15, -0.1) is 0 Å². The molecular formula is C65H42N4OSi. The number of aromatic nitrogens is 4. The molecule has 6 heteroatoms. The monoisotopic (exact) mass is 922 g/mol. The molecule has 0 unspecified atom stereocenters. The second-order valence-electron chi connectivity index (χ2n) is 18.6. The lowest BCUT2D eigenvalue weighted by Crippen LogP contribution is -2.74. The Morgan fingerprint density at radius 2 is 0.718 bits per heavy atom. The molecule has 0 saturated heterocycles. The average Bonchev–Trinajstić information content (AvgIpc) is 4.18. The van der Waals surface area contributed by atoms with Crippen LogP contribution >= 0.6 is 0 Å². The van der Waals surface area contributed by atoms with Gasteiger partial charge in [0.05, 0.1) is 33.1 Å². The highest BCUT2D eigenvalue weighted by Crippen LogP contribution is 2.41. The molecule has 0 atom stereocenters. The molecule has 0 aliphatic carbocycles. The average molecular weight is 923 g/mol. The van der Waals surface area contributed by atoms with Crippen LogP contribution in [0, 0.1) is 0 Å². The summed E-state index contributed by atoms with van der Waals surface area (Å²) in [6.45, 7) is 0. The van der Waals surface area contributed by atoms with E-state index >= 15 is 0 Å². The smallest absolute Gasteiger partial charge is 0.183 e. The lowest BCUT2D eigenvalue weighted by molar-refractivity contribution is 0.663. The Morgan fingerprint density at radius 3 is 1.25 bits per heavy atom. The molecule has 0 aliphatic rings. The largest absolute Gasteiger partial charge is 0.452 e. The van der Waals surface area contributed by atoms with Gasteiger partial charge in [-0.1, -0.05) is 194 Å². The Kier molecular flexibility index (Phi) is 8.61. The zero-order valence-electron chi connectivity index (χ0n) is 38.4. The molecule has 332 valence electrons. The number of furan rings is 1. The van der Waals surface area contributed by atoms with Crippen LogP contribution in [-0.4, -0.2) is 26.8 Å². The predicted molar refractivity (Wildman–Crippen MR) is 298 cm³/mol. The highest BCUT2D eigenvalue weighted by molar-refractivity contribution is 7.20. The molecule has 5 nitrogen and oxygen atoms in total. The molecule has 0 fully saturated rings. The molecule has 5 heterocycles. The van der Waals surface area contributed by atoms with Crippen molar-refractivity contribution in [2.24, 2.45) is 0 Å². The Morgan fingerprint density at radius 1 is 0.296 bits per heavy atom. The van der Waals surface area contributed by atoms with Crippen molar-refractivity contribution in [2.75, 3.05) is 0 Å². The van der Waals surface area contributed by atoms with Crippen LogP contribution in [0.5, 0.6) is 0 Å². The van der Waals surface area contributed by atoms with Crippen molar-refractivity contribution in [3.63, 3.8) is 0 Å². The lowest BCUT2D eigenvalue weighted by atomic mass is 10.1. The first-order chi connectivity index (χ1) is 35.2. The number of para-hydroxylation sites is 5. The number of fused-ring (bicyclic) bond motifs is 12. The maximum atomic E-state index is 6.99. The van der Waals surface area contributed by atoms with Crippen molar-refractivity contribution in [3.8, 4) is 17.3 Å². The number of rotatable bonds is 7. The number of hydrogen-bond acceptors (Lipinski definition) is 2. The van der Waals surface area contributed by atoms with Crippen molar-refractivity contribution in [1.29, 1.82) is 0 Å². The first-order valence-corrected chi connectivity index (χ1v) is 26.3. The van der Waals surface area contributed by atoms with E-state index in [2.05, 4.69) is 262 Å². The van der Waals surface area contributed by atoms with Crippen LogP contribution in [0.1, 0.15) is 0 Å². The molecule has 0 spiro atoms. The second-order valence-corrected chi connectivity index (χ2v) is 22.4. The minimum atomic E-state index is -2.93. The van der Waals surface area contributed by atoms with Gasteiger partial charge in [0.2, 0.25) is 0 Å². The number of pyridine rings is 1. The fourth-order valence-electron chi connectivity index (χ4n) is 12.0. The van der Waals surface area contributed by atoms with Crippen LogP contribution in [0.3, 0.4) is 0 Å². The molecule has 15 aromatic rings. The van der Waals surface area contributed by atoms with E-state index in [0.29, 0.717) is 0 Å². The third kappa shape index (κ3) is 5.71. The Bertz CT molecular complexity index is 4380. The summed E-state index contributed by atoms with van der Waals surface area (Å²) in [5.41, 5.74) is 9.31. The van der Waals surface area contributed by atoms with Gasteiger partial charge < -0.3 is 8.98 Å². The number of nitrogens with zero attached hydrogens (tertiary/aromatic N) is 4. The van der Waals surface area contributed by atoms with Crippen LogP contribution < -0.4 is 20.7 Å². The zero-order valence-corrected chi connectivity index (χ0v) is 39.4. The van der Waals surface area contributed by atoms with E-state index < -0.39 is 8.07 Å². The van der Waals surface area contributed by atoms with Crippen molar-refractivity contribution in [2.45, 2.75) is 0 Å². The first kappa shape index (κ1) is 39.7. The summed E-state index contributed by atoms with van der Waals surface area (Å²) >= 11 is 0. The summed E-state index contributed by atoms with van der Waals surface area (Å²) in [7, 11) is -2.93. The number of hydrogen-bond donors (Lipinski definition) is 0. The molecule has 15 rings (SSSR count). The van der Waals surface area contributed by atoms with Crippen molar-refractivity contribution in [3.05, 3.63) is 255 Å². The first-order valence-electron chi connectivity index (χ1n) is 24.3. The lowest BCUT2D eigenvalue weighted by Gasteiger charge is -2.34. The highest BCUT2D eigenvalue weighted by Gasteiger charge is 2.41. The Hall–Kier alpha value is -9.23. The van der Waals surface area contributed by atoms with Crippen LogP contribution in [0.15, 0.2) is 259 Å². The van der Waals surface area contributed by atoms with E-state index in [9.17, 15) is 0 Å². The van der Waals surface area contributed by atoms with Gasteiger partial charge in [0.1, 0.15) is 11.4 Å². The van der Waals surface area contributed by atoms with Crippen LogP contribution in [-0.2, 0) is 0 Å². The van der Waals surface area contributed by atoms with Crippen molar-refractivity contribution >= 4 is 116 Å². The molecule has 0 radical (unpaired) electrons. The standard InChI is InChI=1S/C65H42N4OSi/c1-4-20-44(21-5-1)71(45-22-6-2-7-23-45,46-24-8-3-9-25-46)47-37-39-61-54(41-47)53-40-43(67-56-31-15-10-26-48(56)49-27-11-16-32-57(49)67)36-38-60(53)69(61)65-64-55(52-30-14-19-35-62(52)70-64)42-63(66-65)68-58-33-17-12-28-50(58)51-29-13-18-34-59(51)68/h1-42H. The van der Waals surface area contributed by atoms with Crippen LogP contribution in [0.2, 0.25) is 0 Å². The maximum absolute atomic E-state index is 6.99. The van der Waals surface area contributed by atoms with Gasteiger partial charge in [-0.25, -0.2) is 4.98 Å². The van der Waals surface area contributed by atoms with E-state index in [0.717, 1.165) is 72.1 Å². The molecule has 0 N–H and O–H groups in total. The summed E-state index contributed by atoms with van der Waals surface area (Å²) in [4.78, 5) is 5.79. The van der Waals surface area contributed by atoms with Crippen molar-refractivity contribution < 1.29 is 4.42 Å². The fraction of sp³-hybridized carbons (Fsp3) is 0. The van der Waals surface area contributed by atoms with E-state index in [4.69, 9.17) is 9.40 Å². The molecule has 0 bridgehead atoms. The molecular weight excluding hydrogens is 881 g/mol. The zero-order chi connectivity index (χ0) is 46.6. The maximum Gasteiger partial charge on any atom is 0.183 e. The topological polar surface area (TPSA) is 40.8 Å². The van der Waals surface area contributed by atoms with E-state index in [1.54, 1.807) is 0 Å².